The molecule has 2 rings (SSSR count). The second-order valence-corrected chi connectivity index (χ2v) is 6.63. The van der Waals surface area contributed by atoms with E-state index < -0.39 is 0 Å². The van der Waals surface area contributed by atoms with Gasteiger partial charge in [0, 0.05) is 23.5 Å². The van der Waals surface area contributed by atoms with Crippen LogP contribution < -0.4 is 9.47 Å². The predicted molar refractivity (Wildman–Crippen MR) is 89.1 cm³/mol. The number of allylic oxidation sites excluding steroid dienone is 2. The second-order valence-electron chi connectivity index (χ2n) is 6.63. The topological polar surface area (TPSA) is 35.5 Å². The molecule has 1 aliphatic heterocycles. The number of rotatable bonds is 5. The van der Waals surface area contributed by atoms with Gasteiger partial charge in [0.15, 0.2) is 0 Å². The van der Waals surface area contributed by atoms with E-state index in [1.807, 2.05) is 45.0 Å². The van der Waals surface area contributed by atoms with Crippen molar-refractivity contribution in [2.24, 2.45) is 5.41 Å². The van der Waals surface area contributed by atoms with Gasteiger partial charge in [-0.3, -0.25) is 4.79 Å². The lowest BCUT2D eigenvalue weighted by molar-refractivity contribution is -0.126. The average Bonchev–Trinajstić information content (AvgIpc) is 2.45. The van der Waals surface area contributed by atoms with Crippen molar-refractivity contribution in [1.29, 1.82) is 0 Å². The standard InChI is InChI=1S/C19H24O3/c1-13-11-14(7-6-8-18(20)19(2,3)4)16-10-9-15(21-5)12-17(16)22-13/h9-12H,1,6-8H2,2-5H3. The van der Waals surface area contributed by atoms with Gasteiger partial charge in [0.05, 0.1) is 7.11 Å². The number of carbonyl (C=O) groups is 1. The van der Waals surface area contributed by atoms with Crippen molar-refractivity contribution in [2.45, 2.75) is 40.0 Å². The first-order chi connectivity index (χ1) is 10.3. The highest BCUT2D eigenvalue weighted by atomic mass is 16.5. The Balaban J connectivity index is 2.09. The maximum atomic E-state index is 12.0. The fourth-order valence-electron chi connectivity index (χ4n) is 2.44. The highest BCUT2D eigenvalue weighted by Gasteiger charge is 2.21. The Kier molecular flexibility index (Phi) is 4.74. The smallest absolute Gasteiger partial charge is 0.138 e. The van der Waals surface area contributed by atoms with Crippen LogP contribution in [0.4, 0.5) is 0 Å². The van der Waals surface area contributed by atoms with Gasteiger partial charge in [0.2, 0.25) is 0 Å². The number of hydrogen-bond donors (Lipinski definition) is 0. The number of Topliss-reactive ketones (excluding diaryl/α,β-unsaturated/α-hetero) is 1. The van der Waals surface area contributed by atoms with E-state index in [1.165, 1.54) is 0 Å². The molecule has 0 spiro atoms. The van der Waals surface area contributed by atoms with Gasteiger partial charge in [-0.05, 0) is 36.6 Å². The summed E-state index contributed by atoms with van der Waals surface area (Å²) in [7, 11) is 1.63. The minimum atomic E-state index is -0.265. The van der Waals surface area contributed by atoms with Crippen molar-refractivity contribution in [1.82, 2.24) is 0 Å². The molecule has 0 N–H and O–H groups in total. The molecule has 22 heavy (non-hydrogen) atoms. The summed E-state index contributed by atoms with van der Waals surface area (Å²) in [6, 6.07) is 5.79. The molecule has 0 aromatic heterocycles. The monoisotopic (exact) mass is 300 g/mol. The van der Waals surface area contributed by atoms with Gasteiger partial charge in [-0.2, -0.15) is 0 Å². The van der Waals surface area contributed by atoms with E-state index in [1.54, 1.807) is 7.11 Å². The van der Waals surface area contributed by atoms with E-state index >= 15 is 0 Å². The van der Waals surface area contributed by atoms with E-state index in [9.17, 15) is 4.79 Å². The number of ether oxygens (including phenoxy) is 2. The summed E-state index contributed by atoms with van der Waals surface area (Å²) < 4.78 is 10.9. The molecule has 118 valence electrons. The Bertz CT molecular complexity index is 618. The van der Waals surface area contributed by atoms with Gasteiger partial charge in [-0.15, -0.1) is 0 Å². The fourth-order valence-corrected chi connectivity index (χ4v) is 2.44. The first-order valence-corrected chi connectivity index (χ1v) is 7.60. The van der Waals surface area contributed by atoms with Gasteiger partial charge in [0.1, 0.15) is 23.0 Å². The van der Waals surface area contributed by atoms with Crippen LogP contribution in [0.2, 0.25) is 0 Å². The molecule has 1 aliphatic rings. The molecule has 0 amide bonds. The average molecular weight is 300 g/mol. The zero-order valence-corrected chi connectivity index (χ0v) is 13.9. The van der Waals surface area contributed by atoms with Crippen LogP contribution in [0.1, 0.15) is 45.6 Å². The molecule has 3 heteroatoms. The van der Waals surface area contributed by atoms with Crippen molar-refractivity contribution < 1.29 is 14.3 Å². The SMILES string of the molecule is C=C1C=C(CCCC(=O)C(C)(C)C)c2ccc(OC)cc2O1. The van der Waals surface area contributed by atoms with Crippen LogP contribution in [0.25, 0.3) is 5.57 Å². The Hall–Kier alpha value is -2.03. The number of benzene rings is 1. The zero-order chi connectivity index (χ0) is 16.3. The van der Waals surface area contributed by atoms with E-state index in [0.717, 1.165) is 35.5 Å². The normalized spacial score (nSPS) is 14.0. The molecule has 0 saturated heterocycles. The third kappa shape index (κ3) is 3.79. The lowest BCUT2D eigenvalue weighted by Gasteiger charge is -2.21. The van der Waals surface area contributed by atoms with E-state index in [0.29, 0.717) is 18.0 Å². The lowest BCUT2D eigenvalue weighted by atomic mass is 9.87. The molecule has 0 aliphatic carbocycles. The van der Waals surface area contributed by atoms with Crippen molar-refractivity contribution in [2.75, 3.05) is 7.11 Å². The van der Waals surface area contributed by atoms with Crippen LogP contribution in [-0.4, -0.2) is 12.9 Å². The third-order valence-corrected chi connectivity index (χ3v) is 3.80. The third-order valence-electron chi connectivity index (χ3n) is 3.80. The Morgan fingerprint density at radius 2 is 2.05 bits per heavy atom. The molecule has 0 saturated carbocycles. The molecule has 0 bridgehead atoms. The van der Waals surface area contributed by atoms with Gasteiger partial charge in [-0.25, -0.2) is 0 Å². The van der Waals surface area contributed by atoms with Gasteiger partial charge >= 0.3 is 0 Å². The molecule has 0 atom stereocenters. The first kappa shape index (κ1) is 16.3. The van der Waals surface area contributed by atoms with Gasteiger partial charge < -0.3 is 9.47 Å². The van der Waals surface area contributed by atoms with Crippen molar-refractivity contribution in [3.63, 3.8) is 0 Å². The van der Waals surface area contributed by atoms with Crippen LogP contribution in [0.3, 0.4) is 0 Å². The number of hydrogen-bond acceptors (Lipinski definition) is 3. The van der Waals surface area contributed by atoms with Crippen molar-refractivity contribution in [3.05, 3.63) is 42.2 Å². The Morgan fingerprint density at radius 3 is 2.68 bits per heavy atom. The van der Waals surface area contributed by atoms with Crippen LogP contribution in [0.5, 0.6) is 11.5 Å². The van der Waals surface area contributed by atoms with Gasteiger partial charge in [-0.1, -0.05) is 27.4 Å². The molecular formula is C19H24O3. The Labute approximate surface area is 132 Å². The summed E-state index contributed by atoms with van der Waals surface area (Å²) >= 11 is 0. The zero-order valence-electron chi connectivity index (χ0n) is 13.9. The van der Waals surface area contributed by atoms with Crippen molar-refractivity contribution in [3.8, 4) is 11.5 Å². The Morgan fingerprint density at radius 1 is 1.32 bits per heavy atom. The summed E-state index contributed by atoms with van der Waals surface area (Å²) in [5.74, 6) is 2.45. The maximum absolute atomic E-state index is 12.0. The number of fused-ring (bicyclic) bond motifs is 1. The molecule has 0 unspecified atom stereocenters. The summed E-state index contributed by atoms with van der Waals surface area (Å²) in [4.78, 5) is 12.0. The van der Waals surface area contributed by atoms with E-state index in [2.05, 4.69) is 6.58 Å². The van der Waals surface area contributed by atoms with Crippen molar-refractivity contribution >= 4 is 11.4 Å². The minimum Gasteiger partial charge on any atom is -0.497 e. The highest BCUT2D eigenvalue weighted by Crippen LogP contribution is 2.38. The molecule has 1 aromatic rings. The largest absolute Gasteiger partial charge is 0.497 e. The van der Waals surface area contributed by atoms with E-state index in [-0.39, 0.29) is 5.41 Å². The molecule has 3 nitrogen and oxygen atoms in total. The molecule has 0 radical (unpaired) electrons. The molecular weight excluding hydrogens is 276 g/mol. The number of ketones is 1. The quantitative estimate of drug-likeness (QED) is 0.785. The predicted octanol–water partition coefficient (Wildman–Crippen LogP) is 4.77. The molecule has 0 fully saturated rings. The van der Waals surface area contributed by atoms with Crippen LogP contribution in [0.15, 0.2) is 36.6 Å². The summed E-state index contributed by atoms with van der Waals surface area (Å²) in [6.45, 7) is 9.79. The number of methoxy groups -OCH3 is 1. The molecule has 1 heterocycles. The van der Waals surface area contributed by atoms with Crippen LogP contribution in [-0.2, 0) is 4.79 Å². The summed E-state index contributed by atoms with van der Waals surface area (Å²) in [6.07, 6.45) is 4.22. The second kappa shape index (κ2) is 6.39. The summed E-state index contributed by atoms with van der Waals surface area (Å²) in [5, 5.41) is 0. The van der Waals surface area contributed by atoms with E-state index in [4.69, 9.17) is 9.47 Å². The minimum absolute atomic E-state index is 0.265. The number of carbonyl (C=O) groups excluding carboxylic acids is 1. The van der Waals surface area contributed by atoms with Crippen LogP contribution >= 0.6 is 0 Å². The first-order valence-electron chi connectivity index (χ1n) is 7.60. The summed E-state index contributed by atoms with van der Waals surface area (Å²) in [5.41, 5.74) is 1.95. The maximum Gasteiger partial charge on any atom is 0.138 e. The lowest BCUT2D eigenvalue weighted by Crippen LogP contribution is -2.19. The fraction of sp³-hybridized carbons (Fsp3) is 0.421. The highest BCUT2D eigenvalue weighted by molar-refractivity contribution is 5.84. The van der Waals surface area contributed by atoms with Crippen LogP contribution in [0, 0.1) is 5.41 Å². The molecule has 1 aromatic carbocycles. The van der Waals surface area contributed by atoms with Gasteiger partial charge in [0.25, 0.3) is 0 Å².